The van der Waals surface area contributed by atoms with Crippen molar-refractivity contribution < 1.29 is 8.83 Å². The lowest BCUT2D eigenvalue weighted by atomic mass is 10.0. The van der Waals surface area contributed by atoms with E-state index in [0.29, 0.717) is 5.89 Å². The number of furan rings is 1. The molecule has 0 N–H and O–H groups in total. The lowest BCUT2D eigenvalue weighted by Crippen LogP contribution is -2.11. The Morgan fingerprint density at radius 2 is 1.10 bits per heavy atom. The number of nitrogens with zero attached hydrogens (tertiary/aromatic N) is 2. The molecule has 0 unspecified atom stereocenters. The van der Waals surface area contributed by atoms with Crippen LogP contribution in [0.3, 0.4) is 0 Å². The Morgan fingerprint density at radius 1 is 0.429 bits per heavy atom. The molecule has 0 atom stereocenters. The highest BCUT2D eigenvalue weighted by Gasteiger charge is 2.21. The summed E-state index contributed by atoms with van der Waals surface area (Å²) in [6.07, 6.45) is 0. The number of para-hydroxylation sites is 4. The predicted octanol–water partition coefficient (Wildman–Crippen LogP) is 12.8. The van der Waals surface area contributed by atoms with Crippen LogP contribution in [0.1, 0.15) is 0 Å². The minimum absolute atomic E-state index is 0.583. The quantitative estimate of drug-likeness (QED) is 0.178. The first-order valence-electron chi connectivity index (χ1n) is 16.5. The van der Waals surface area contributed by atoms with E-state index in [0.717, 1.165) is 82.9 Å². The zero-order chi connectivity index (χ0) is 32.3. The van der Waals surface area contributed by atoms with E-state index >= 15 is 0 Å². The van der Waals surface area contributed by atoms with Gasteiger partial charge in [0, 0.05) is 33.1 Å². The van der Waals surface area contributed by atoms with Crippen molar-refractivity contribution >= 4 is 71.6 Å². The van der Waals surface area contributed by atoms with Gasteiger partial charge >= 0.3 is 0 Å². The van der Waals surface area contributed by atoms with Gasteiger partial charge in [-0.1, -0.05) is 121 Å². The Labute approximate surface area is 282 Å². The van der Waals surface area contributed by atoms with Crippen LogP contribution in [0.4, 0.5) is 17.1 Å². The smallest absolute Gasteiger partial charge is 0.229 e. The van der Waals surface area contributed by atoms with Crippen LogP contribution in [0.25, 0.3) is 77.2 Å². The van der Waals surface area contributed by atoms with Crippen LogP contribution in [0.2, 0.25) is 0 Å². The molecule has 0 saturated heterocycles. The molecule has 8 aromatic carbocycles. The van der Waals surface area contributed by atoms with Gasteiger partial charge in [-0.15, -0.1) is 0 Å². The molecule has 0 spiro atoms. The van der Waals surface area contributed by atoms with Gasteiger partial charge in [-0.05, 0) is 70.3 Å². The summed E-state index contributed by atoms with van der Waals surface area (Å²) in [5.74, 6) is 0.583. The maximum Gasteiger partial charge on any atom is 0.229 e. The first-order valence-corrected chi connectivity index (χ1v) is 16.5. The third-order valence-electron chi connectivity index (χ3n) is 9.49. The molecule has 2 aromatic heterocycles. The topological polar surface area (TPSA) is 42.4 Å². The molecule has 4 nitrogen and oxygen atoms in total. The number of fused-ring (bicyclic) bond motifs is 8. The highest BCUT2D eigenvalue weighted by molar-refractivity contribution is 6.18. The number of aromatic nitrogens is 1. The van der Waals surface area contributed by atoms with Crippen LogP contribution in [-0.2, 0) is 0 Å². The summed E-state index contributed by atoms with van der Waals surface area (Å²) in [5.41, 5.74) is 9.53. The van der Waals surface area contributed by atoms with Gasteiger partial charge in [-0.2, -0.15) is 0 Å². The molecule has 49 heavy (non-hydrogen) atoms. The first-order chi connectivity index (χ1) is 24.3. The summed E-state index contributed by atoms with van der Waals surface area (Å²) in [4.78, 5) is 7.33. The van der Waals surface area contributed by atoms with Crippen molar-refractivity contribution in [2.45, 2.75) is 0 Å². The Morgan fingerprint density at radius 3 is 2.00 bits per heavy atom. The van der Waals surface area contributed by atoms with E-state index in [1.807, 2.05) is 24.3 Å². The molecule has 0 fully saturated rings. The normalized spacial score (nSPS) is 11.7. The summed E-state index contributed by atoms with van der Waals surface area (Å²) in [5, 5.41) is 6.80. The largest absolute Gasteiger partial charge is 0.455 e. The molecule has 2 heterocycles. The Bertz CT molecular complexity index is 2830. The number of hydrogen-bond acceptors (Lipinski definition) is 4. The molecule has 0 saturated carbocycles. The molecule has 10 aromatic rings. The van der Waals surface area contributed by atoms with E-state index in [-0.39, 0.29) is 0 Å². The average molecular weight is 629 g/mol. The Kier molecular flexibility index (Phi) is 6.15. The van der Waals surface area contributed by atoms with Gasteiger partial charge in [-0.3, -0.25) is 0 Å². The summed E-state index contributed by atoms with van der Waals surface area (Å²) >= 11 is 0. The van der Waals surface area contributed by atoms with Crippen molar-refractivity contribution in [3.05, 3.63) is 170 Å². The van der Waals surface area contributed by atoms with Crippen molar-refractivity contribution in [2.75, 3.05) is 4.90 Å². The molecule has 0 aliphatic rings. The summed E-state index contributed by atoms with van der Waals surface area (Å²) < 4.78 is 13.1. The minimum Gasteiger partial charge on any atom is -0.455 e. The second-order valence-electron chi connectivity index (χ2n) is 12.3. The van der Waals surface area contributed by atoms with Crippen molar-refractivity contribution in [1.29, 1.82) is 0 Å². The monoisotopic (exact) mass is 628 g/mol. The lowest BCUT2D eigenvalue weighted by molar-refractivity contribution is 0.623. The predicted molar refractivity (Wildman–Crippen MR) is 202 cm³/mol. The third kappa shape index (κ3) is 4.42. The van der Waals surface area contributed by atoms with Crippen LogP contribution < -0.4 is 4.90 Å². The Balaban J connectivity index is 1.12. The highest BCUT2D eigenvalue weighted by atomic mass is 16.3. The lowest BCUT2D eigenvalue weighted by Gasteiger charge is -2.27. The fourth-order valence-electron chi connectivity index (χ4n) is 7.21. The van der Waals surface area contributed by atoms with E-state index in [2.05, 4.69) is 150 Å². The average Bonchev–Trinajstić information content (AvgIpc) is 3.78. The number of anilines is 3. The molecule has 0 aliphatic carbocycles. The molecular formula is C45H28N2O2. The molecular weight excluding hydrogens is 601 g/mol. The molecule has 0 bridgehead atoms. The molecule has 0 radical (unpaired) electrons. The maximum atomic E-state index is 6.73. The number of oxazole rings is 1. The van der Waals surface area contributed by atoms with Crippen molar-refractivity contribution in [1.82, 2.24) is 4.98 Å². The van der Waals surface area contributed by atoms with Gasteiger partial charge in [0.1, 0.15) is 16.7 Å². The van der Waals surface area contributed by atoms with Crippen molar-refractivity contribution in [3.63, 3.8) is 0 Å². The number of hydrogen-bond donors (Lipinski definition) is 0. The van der Waals surface area contributed by atoms with Gasteiger partial charge < -0.3 is 13.7 Å². The number of rotatable bonds is 5. The zero-order valence-corrected chi connectivity index (χ0v) is 26.4. The molecule has 0 aliphatic heterocycles. The van der Waals surface area contributed by atoms with E-state index in [1.54, 1.807) is 0 Å². The first kappa shape index (κ1) is 27.5. The molecule has 230 valence electrons. The Hall–Kier alpha value is -6.65. The van der Waals surface area contributed by atoms with Gasteiger partial charge in [0.15, 0.2) is 5.58 Å². The molecule has 0 amide bonds. The van der Waals surface area contributed by atoms with E-state index in [1.165, 1.54) is 5.39 Å². The van der Waals surface area contributed by atoms with Crippen LogP contribution in [0.15, 0.2) is 179 Å². The number of benzene rings is 8. The summed E-state index contributed by atoms with van der Waals surface area (Å²) in [6.45, 7) is 0. The van der Waals surface area contributed by atoms with E-state index < -0.39 is 0 Å². The fourth-order valence-corrected chi connectivity index (χ4v) is 7.21. The zero-order valence-electron chi connectivity index (χ0n) is 26.4. The minimum atomic E-state index is 0.583. The van der Waals surface area contributed by atoms with Gasteiger partial charge in [-0.25, -0.2) is 4.98 Å². The van der Waals surface area contributed by atoms with Crippen molar-refractivity contribution in [3.8, 4) is 22.6 Å². The van der Waals surface area contributed by atoms with Gasteiger partial charge in [0.2, 0.25) is 5.89 Å². The maximum absolute atomic E-state index is 6.73. The van der Waals surface area contributed by atoms with Gasteiger partial charge in [0.05, 0.1) is 11.3 Å². The van der Waals surface area contributed by atoms with Crippen LogP contribution in [-0.4, -0.2) is 4.98 Å². The van der Waals surface area contributed by atoms with Crippen LogP contribution >= 0.6 is 0 Å². The molecule has 4 heteroatoms. The molecule has 10 rings (SSSR count). The summed E-state index contributed by atoms with van der Waals surface area (Å²) in [7, 11) is 0. The van der Waals surface area contributed by atoms with Crippen LogP contribution in [0, 0.1) is 0 Å². The second kappa shape index (κ2) is 11.0. The summed E-state index contributed by atoms with van der Waals surface area (Å²) in [6, 6.07) is 59.0. The van der Waals surface area contributed by atoms with Crippen LogP contribution in [0.5, 0.6) is 0 Å². The second-order valence-corrected chi connectivity index (χ2v) is 12.3. The fraction of sp³-hybridized carbons (Fsp3) is 0. The third-order valence-corrected chi connectivity index (χ3v) is 9.49. The standard InChI is InChI=1S/C45H28N2O2/c1-2-12-32(13-3-1)47(33-26-23-30(24-27-33)35-17-10-18-37-36-15-7-9-20-41(36)48-43(35)37)40-19-8-6-16-38(40)45-46-39-28-25-31-22-21-29-11-4-5-14-34(29)42(31)44(39)49-45/h1-28H. The highest BCUT2D eigenvalue weighted by Crippen LogP contribution is 2.43. The van der Waals surface area contributed by atoms with E-state index in [4.69, 9.17) is 13.8 Å². The van der Waals surface area contributed by atoms with Crippen molar-refractivity contribution in [2.24, 2.45) is 0 Å². The van der Waals surface area contributed by atoms with Gasteiger partial charge in [0.25, 0.3) is 0 Å². The van der Waals surface area contributed by atoms with E-state index in [9.17, 15) is 0 Å². The SMILES string of the molecule is c1ccc(N(c2ccc(-c3cccc4c3oc3ccccc34)cc2)c2ccccc2-c2nc3ccc4ccc5ccccc5c4c3o2)cc1.